The lowest BCUT2D eigenvalue weighted by Crippen LogP contribution is -2.36. The van der Waals surface area contributed by atoms with Crippen molar-refractivity contribution >= 4 is 26.5 Å². The second-order valence-corrected chi connectivity index (χ2v) is 17.9. The van der Waals surface area contributed by atoms with Gasteiger partial charge in [-0.15, -0.1) is 0 Å². The second-order valence-electron chi connectivity index (χ2n) is 16.5. The maximum atomic E-state index is 13.1. The van der Waals surface area contributed by atoms with Crippen LogP contribution >= 0.6 is 8.53 Å². The molecule has 2 heterocycles. The van der Waals surface area contributed by atoms with Crippen LogP contribution < -0.4 is 21.9 Å². The van der Waals surface area contributed by atoms with Gasteiger partial charge in [-0.2, -0.15) is 0 Å². The van der Waals surface area contributed by atoms with Gasteiger partial charge in [0.1, 0.15) is 25.5 Å². The van der Waals surface area contributed by atoms with Gasteiger partial charge in [0.2, 0.25) is 18.4 Å². The normalized spacial score (nSPS) is 18.1. The highest BCUT2D eigenvalue weighted by atomic mass is 31.2. The van der Waals surface area contributed by atoms with Crippen LogP contribution in [0.1, 0.15) is 111 Å². The van der Waals surface area contributed by atoms with E-state index < -0.39 is 51.4 Å². The number of nitrogens with one attached hydrogen (secondary N) is 3. The number of fused-ring (bicyclic) bond motifs is 3. The number of benzene rings is 2. The van der Waals surface area contributed by atoms with E-state index in [0.29, 0.717) is 24.9 Å². The van der Waals surface area contributed by atoms with Crippen molar-refractivity contribution in [2.75, 3.05) is 53.1 Å². The molecule has 3 N–H and O–H groups in total. The molecule has 0 bridgehead atoms. The molecule has 5 unspecified atom stereocenters. The number of ether oxygens (including phenoxy) is 4. The van der Waals surface area contributed by atoms with Crippen LogP contribution in [0.4, 0.5) is 4.79 Å². The molecule has 1 aromatic heterocycles. The summed E-state index contributed by atoms with van der Waals surface area (Å²) in [5.41, 5.74) is 3.63. The van der Waals surface area contributed by atoms with Crippen molar-refractivity contribution in [3.63, 3.8) is 0 Å². The summed E-state index contributed by atoms with van der Waals surface area (Å²) in [6.07, 6.45) is 2.25. The minimum Gasteiger partial charge on any atom is -0.434 e. The van der Waals surface area contributed by atoms with Gasteiger partial charge >= 0.3 is 11.8 Å². The highest BCUT2D eigenvalue weighted by Crippen LogP contribution is 2.50. The van der Waals surface area contributed by atoms with E-state index in [9.17, 15) is 24.0 Å². The van der Waals surface area contributed by atoms with Crippen LogP contribution in [-0.2, 0) is 44.0 Å². The molecular weight excluding hydrogens is 856 g/mol. The first-order valence-electron chi connectivity index (χ1n) is 23.6. The summed E-state index contributed by atoms with van der Waals surface area (Å²) in [6.45, 7) is 16.5. The molecule has 0 saturated carbocycles. The van der Waals surface area contributed by atoms with Gasteiger partial charge in [0.15, 0.2) is 0 Å². The first-order valence-corrected chi connectivity index (χ1v) is 23.6. The number of aromatic amines is 1. The number of rotatable bonds is 27. The molecule has 1 saturated heterocycles. The predicted octanol–water partition coefficient (Wildman–Crippen LogP) is 6.61. The number of carbonyl (C=O) groups is 3. The zero-order chi connectivity index (χ0) is 48.3. The molecule has 1 aliphatic heterocycles. The van der Waals surface area contributed by atoms with Crippen LogP contribution in [-0.4, -0.2) is 110 Å². The summed E-state index contributed by atoms with van der Waals surface area (Å²) >= 11 is 0. The number of carbonyl (C=O) groups excluding carboxylic acids is 3. The summed E-state index contributed by atoms with van der Waals surface area (Å²) in [4.78, 5) is 68.8. The van der Waals surface area contributed by atoms with E-state index in [0.717, 1.165) is 41.5 Å². The minimum atomic E-state index is -1.68. The lowest BCUT2D eigenvalue weighted by molar-refractivity contribution is -0.126. The minimum absolute atomic E-state index is 0.00227. The third kappa shape index (κ3) is 15.0. The van der Waals surface area contributed by atoms with E-state index in [1.165, 1.54) is 10.8 Å². The molecule has 5 atom stereocenters. The van der Waals surface area contributed by atoms with E-state index in [4.69, 9.17) is 37.3 Å². The maximum Gasteiger partial charge on any atom is 0.508 e. The summed E-state index contributed by atoms with van der Waals surface area (Å²) in [5.74, 6) is -0.575. The zero-order valence-electron chi connectivity index (χ0n) is 39.8. The summed E-state index contributed by atoms with van der Waals surface area (Å²) in [6, 6.07) is 16.3. The highest BCUT2D eigenvalue weighted by Gasteiger charge is 2.42. The molecule has 17 nitrogen and oxygen atoms in total. The molecule has 2 aliphatic rings. The third-order valence-corrected chi connectivity index (χ3v) is 13.3. The fraction of sp³-hybridized carbons (Fsp3) is 0.574. The van der Waals surface area contributed by atoms with Crippen molar-refractivity contribution in [1.29, 1.82) is 0 Å². The molecule has 0 radical (unpaired) electrons. The number of aromatic nitrogens is 2. The lowest BCUT2D eigenvalue weighted by Gasteiger charge is -2.37. The maximum absolute atomic E-state index is 13.1. The van der Waals surface area contributed by atoms with Gasteiger partial charge < -0.3 is 43.5 Å². The van der Waals surface area contributed by atoms with Crippen LogP contribution in [0.15, 0.2) is 64.3 Å². The van der Waals surface area contributed by atoms with Crippen LogP contribution in [0.3, 0.4) is 0 Å². The van der Waals surface area contributed by atoms with Crippen molar-refractivity contribution in [3.8, 4) is 11.1 Å². The number of aryl methyl sites for hydroxylation is 1. The highest BCUT2D eigenvalue weighted by molar-refractivity contribution is 7.44. The molecule has 18 heteroatoms. The average Bonchev–Trinajstić information content (AvgIpc) is 3.84. The molecule has 2 amide bonds. The zero-order valence-corrected chi connectivity index (χ0v) is 38.7. The van der Waals surface area contributed by atoms with Gasteiger partial charge in [0.05, 0.1) is 22.1 Å². The Balaban J connectivity index is 0.965. The Morgan fingerprint density at radius 3 is 2.23 bits per heavy atom. The van der Waals surface area contributed by atoms with E-state index in [-0.39, 0.29) is 95.0 Å². The molecule has 2 aromatic carbocycles. The first-order chi connectivity index (χ1) is 32.3. The summed E-state index contributed by atoms with van der Waals surface area (Å²) in [7, 11) is -3.26. The lowest BCUT2D eigenvalue weighted by atomic mass is 9.98. The molecule has 1 fully saturated rings. The van der Waals surface area contributed by atoms with Crippen molar-refractivity contribution in [2.24, 2.45) is 0 Å². The fourth-order valence-electron chi connectivity index (χ4n) is 8.06. The van der Waals surface area contributed by atoms with E-state index in [1.54, 1.807) is 0 Å². The van der Waals surface area contributed by atoms with Crippen LogP contribution in [0.25, 0.3) is 16.0 Å². The number of nitrogens with zero attached hydrogens (tertiary/aromatic N) is 3. The summed E-state index contributed by atoms with van der Waals surface area (Å²) in [5, 5.41) is 5.61. The van der Waals surface area contributed by atoms with Gasteiger partial charge in [0.25, 0.3) is 14.1 Å². The Kier molecular flexibility index (Phi) is 19.4. The topological polar surface area (TPSA) is 193 Å². The standard InChI is InChI=1S/C47H65N6O11P/c1-32(2)53(33(3)4)65(62-27-25-48-5)64-40-28-44(63-41(40)31-59-6)52-29-34(45(56)51-46(52)57)16-15-24-50-43(55)22-21-42(54)49-23-13-7-8-14-26-60-47(58)61-30-39-37-19-11-9-17-35(37)36-18-10-12-20-38(36)39/h9-12,17-20,29,32-33,39-41,44H,7-8,13-16,21-28,30-31H2,1-4,6H3,(H,49,54)(H,50,55)(H,51,56,57)/i6TD. The second kappa shape index (κ2) is 26.3. The molecule has 3 aromatic rings. The van der Waals surface area contributed by atoms with Gasteiger partial charge in [-0.3, -0.25) is 23.9 Å². The molecule has 0 spiro atoms. The molecule has 1 aliphatic carbocycles. The number of methoxy groups -OCH3 is 1. The van der Waals surface area contributed by atoms with Gasteiger partial charge in [-0.05, 0) is 82.1 Å². The summed E-state index contributed by atoms with van der Waals surface area (Å²) < 4.78 is 53.2. The van der Waals surface area contributed by atoms with E-state index >= 15 is 0 Å². The first kappa shape index (κ1) is 48.0. The Bertz CT molecular complexity index is 2180. The number of amides is 2. The molecule has 5 rings (SSSR count). The Labute approximate surface area is 385 Å². The smallest absolute Gasteiger partial charge is 0.434 e. The van der Waals surface area contributed by atoms with Crippen LogP contribution in [0, 0.1) is 6.57 Å². The molecule has 354 valence electrons. The number of H-pyrrole nitrogens is 1. The molecule has 65 heavy (non-hydrogen) atoms. The van der Waals surface area contributed by atoms with Crippen molar-refractivity contribution in [1.82, 2.24) is 24.9 Å². The van der Waals surface area contributed by atoms with Crippen LogP contribution in [0.5, 0.6) is 0 Å². The van der Waals surface area contributed by atoms with Gasteiger partial charge in [0, 0.05) is 69.2 Å². The predicted molar refractivity (Wildman–Crippen MR) is 246 cm³/mol. The quantitative estimate of drug-likeness (QED) is 0.0321. The SMILES string of the molecule is [2H]C([3H])OCC1OC(n2cc(CCCNC(=O)CCC(=O)NCCCCCCOC(=O)OCC3c4ccccc4-c4ccccc43)c(=O)[nH]c2=O)CC1OP(OCC[N+]#[C-])N(C(C)C)C(C)C. The average molecular weight is 924 g/mol. The Morgan fingerprint density at radius 1 is 0.938 bits per heavy atom. The Morgan fingerprint density at radius 2 is 1.58 bits per heavy atom. The van der Waals surface area contributed by atoms with Crippen LogP contribution in [0.2, 0.25) is 0 Å². The molecular formula is C47H65N6O11P. The number of unbranched alkanes of at least 4 members (excludes halogenated alkanes) is 3. The van der Waals surface area contributed by atoms with Crippen molar-refractivity contribution in [3.05, 3.63) is 104 Å². The van der Waals surface area contributed by atoms with E-state index in [2.05, 4.69) is 49.4 Å². The van der Waals surface area contributed by atoms with Crippen molar-refractivity contribution in [2.45, 2.75) is 122 Å². The number of hydrogen-bond acceptors (Lipinski definition) is 12. The van der Waals surface area contributed by atoms with E-state index in [1.807, 2.05) is 52.0 Å². The Hall–Kier alpha value is -4.95. The largest absolute Gasteiger partial charge is 0.508 e. The fourth-order valence-corrected chi connectivity index (χ4v) is 9.81. The monoisotopic (exact) mass is 923 g/mol. The number of hydrogen-bond donors (Lipinski definition) is 3. The van der Waals surface area contributed by atoms with Gasteiger partial charge in [-0.25, -0.2) is 20.8 Å². The third-order valence-electron chi connectivity index (χ3n) is 11.1. The van der Waals surface area contributed by atoms with Crippen molar-refractivity contribution < 1.29 is 45.1 Å². The van der Waals surface area contributed by atoms with Gasteiger partial charge in [-0.1, -0.05) is 55.0 Å².